The summed E-state index contributed by atoms with van der Waals surface area (Å²) in [5.41, 5.74) is 3.95. The van der Waals surface area contributed by atoms with Gasteiger partial charge in [0.15, 0.2) is 0 Å². The lowest BCUT2D eigenvalue weighted by Crippen LogP contribution is -2.16. The maximum absolute atomic E-state index is 8.64. The molecular formula is C13H14N2OS2. The number of aromatic nitrogens is 1. The fourth-order valence-electron chi connectivity index (χ4n) is 1.58. The molecule has 94 valence electrons. The highest BCUT2D eigenvalue weighted by molar-refractivity contribution is 7.10. The van der Waals surface area contributed by atoms with Gasteiger partial charge in [-0.15, -0.1) is 22.7 Å². The van der Waals surface area contributed by atoms with Crippen LogP contribution in [0.4, 0.5) is 0 Å². The number of rotatable bonds is 4. The predicted octanol–water partition coefficient (Wildman–Crippen LogP) is 2.18. The van der Waals surface area contributed by atoms with Crippen LogP contribution in [0.3, 0.4) is 0 Å². The first-order chi connectivity index (χ1) is 8.78. The summed E-state index contributed by atoms with van der Waals surface area (Å²) in [5.74, 6) is 5.57. The summed E-state index contributed by atoms with van der Waals surface area (Å²) in [5, 5.41) is 12.7. The Hall–Kier alpha value is -1.19. The number of aliphatic hydroxyl groups is 1. The van der Waals surface area contributed by atoms with Gasteiger partial charge >= 0.3 is 0 Å². The van der Waals surface area contributed by atoms with Crippen LogP contribution in [0.25, 0.3) is 0 Å². The van der Waals surface area contributed by atoms with Crippen LogP contribution < -0.4 is 0 Å². The van der Waals surface area contributed by atoms with Gasteiger partial charge in [-0.25, -0.2) is 4.98 Å². The number of hydrogen-bond acceptors (Lipinski definition) is 5. The van der Waals surface area contributed by atoms with E-state index in [0.29, 0.717) is 0 Å². The highest BCUT2D eigenvalue weighted by atomic mass is 32.1. The summed E-state index contributed by atoms with van der Waals surface area (Å²) in [6.07, 6.45) is 0. The molecule has 0 amide bonds. The molecule has 0 saturated carbocycles. The molecule has 0 saturated heterocycles. The van der Waals surface area contributed by atoms with E-state index in [1.165, 1.54) is 4.88 Å². The Kier molecular flexibility index (Phi) is 4.90. The van der Waals surface area contributed by atoms with E-state index >= 15 is 0 Å². The lowest BCUT2D eigenvalue weighted by atomic mass is 10.3. The smallest absolute Gasteiger partial charge is 0.104 e. The highest BCUT2D eigenvalue weighted by Crippen LogP contribution is 2.16. The molecule has 1 N–H and O–H groups in total. The third-order valence-corrected chi connectivity index (χ3v) is 3.86. The van der Waals surface area contributed by atoms with Crippen LogP contribution in [0, 0.1) is 11.8 Å². The van der Waals surface area contributed by atoms with Crippen LogP contribution in [0.2, 0.25) is 0 Å². The molecule has 3 nitrogen and oxygen atoms in total. The maximum Gasteiger partial charge on any atom is 0.104 e. The predicted molar refractivity (Wildman–Crippen MR) is 75.6 cm³/mol. The lowest BCUT2D eigenvalue weighted by Gasteiger charge is -2.13. The van der Waals surface area contributed by atoms with E-state index < -0.39 is 0 Å². The topological polar surface area (TPSA) is 36.4 Å². The van der Waals surface area contributed by atoms with Gasteiger partial charge in [-0.1, -0.05) is 11.8 Å². The van der Waals surface area contributed by atoms with Crippen LogP contribution in [-0.2, 0) is 13.1 Å². The molecule has 0 bridgehead atoms. The van der Waals surface area contributed by atoms with Crippen molar-refractivity contribution in [1.29, 1.82) is 0 Å². The van der Waals surface area contributed by atoms with Gasteiger partial charge in [0.05, 0.1) is 11.2 Å². The van der Waals surface area contributed by atoms with E-state index in [1.54, 1.807) is 22.7 Å². The molecular weight excluding hydrogens is 264 g/mol. The molecule has 2 aromatic heterocycles. The van der Waals surface area contributed by atoms with Gasteiger partial charge in [-0.3, -0.25) is 4.90 Å². The second kappa shape index (κ2) is 6.66. The molecule has 0 fully saturated rings. The van der Waals surface area contributed by atoms with Crippen molar-refractivity contribution in [3.8, 4) is 11.8 Å². The minimum absolute atomic E-state index is 0.0884. The Bertz CT molecular complexity index is 537. The minimum Gasteiger partial charge on any atom is -0.384 e. The zero-order valence-corrected chi connectivity index (χ0v) is 11.7. The van der Waals surface area contributed by atoms with Crippen LogP contribution in [0.1, 0.15) is 16.1 Å². The molecule has 0 aliphatic rings. The fourth-order valence-corrected chi connectivity index (χ4v) is 3.03. The van der Waals surface area contributed by atoms with Gasteiger partial charge in [-0.2, -0.15) is 0 Å². The molecule has 5 heteroatoms. The van der Waals surface area contributed by atoms with E-state index in [9.17, 15) is 0 Å². The fraction of sp³-hybridized carbons (Fsp3) is 0.308. The van der Waals surface area contributed by atoms with Crippen LogP contribution in [0.5, 0.6) is 0 Å². The number of nitrogens with zero attached hydrogens (tertiary/aromatic N) is 2. The Morgan fingerprint density at radius 2 is 2.28 bits per heavy atom. The quantitative estimate of drug-likeness (QED) is 0.871. The van der Waals surface area contributed by atoms with Crippen LogP contribution in [0.15, 0.2) is 22.3 Å². The van der Waals surface area contributed by atoms with E-state index in [4.69, 9.17) is 5.11 Å². The molecule has 0 atom stereocenters. The Labute approximate surface area is 115 Å². The molecule has 2 heterocycles. The molecule has 0 spiro atoms. The molecule has 2 rings (SSSR count). The van der Waals surface area contributed by atoms with E-state index in [-0.39, 0.29) is 6.61 Å². The molecule has 0 unspecified atom stereocenters. The third-order valence-electron chi connectivity index (χ3n) is 2.31. The summed E-state index contributed by atoms with van der Waals surface area (Å²) in [7, 11) is 2.08. The van der Waals surface area contributed by atoms with E-state index in [0.717, 1.165) is 24.3 Å². The monoisotopic (exact) mass is 278 g/mol. The van der Waals surface area contributed by atoms with Gasteiger partial charge in [0.2, 0.25) is 0 Å². The zero-order valence-electron chi connectivity index (χ0n) is 10.1. The van der Waals surface area contributed by atoms with Gasteiger partial charge < -0.3 is 5.11 Å². The summed E-state index contributed by atoms with van der Waals surface area (Å²) < 4.78 is 0. The molecule has 18 heavy (non-hydrogen) atoms. The molecule has 2 aromatic rings. The average Bonchev–Trinajstić information content (AvgIpc) is 2.98. The summed E-state index contributed by atoms with van der Waals surface area (Å²) >= 11 is 3.32. The van der Waals surface area contributed by atoms with Crippen molar-refractivity contribution in [2.75, 3.05) is 13.7 Å². The Morgan fingerprint density at radius 3 is 3.00 bits per heavy atom. The van der Waals surface area contributed by atoms with Crippen molar-refractivity contribution in [3.05, 3.63) is 38.5 Å². The van der Waals surface area contributed by atoms with E-state index in [1.807, 2.05) is 10.9 Å². The zero-order chi connectivity index (χ0) is 12.8. The largest absolute Gasteiger partial charge is 0.384 e. The molecule has 0 aliphatic heterocycles. The van der Waals surface area contributed by atoms with Gasteiger partial charge in [-0.05, 0) is 13.1 Å². The lowest BCUT2D eigenvalue weighted by molar-refractivity contribution is 0.318. The van der Waals surface area contributed by atoms with Crippen molar-refractivity contribution < 1.29 is 5.11 Å². The van der Waals surface area contributed by atoms with Crippen molar-refractivity contribution in [3.63, 3.8) is 0 Å². The maximum atomic E-state index is 8.64. The minimum atomic E-state index is -0.0884. The normalized spacial score (nSPS) is 10.4. The molecule has 0 aromatic carbocycles. The van der Waals surface area contributed by atoms with Crippen LogP contribution in [-0.4, -0.2) is 28.6 Å². The average molecular weight is 278 g/mol. The Morgan fingerprint density at radius 1 is 1.39 bits per heavy atom. The van der Waals surface area contributed by atoms with E-state index in [2.05, 4.69) is 40.2 Å². The second-order valence-electron chi connectivity index (χ2n) is 3.91. The van der Waals surface area contributed by atoms with Crippen molar-refractivity contribution in [1.82, 2.24) is 9.88 Å². The SMILES string of the molecule is CN(Cc1cscn1)Cc1cc(C#CCO)cs1. The summed E-state index contributed by atoms with van der Waals surface area (Å²) in [6.45, 7) is 1.66. The number of hydrogen-bond donors (Lipinski definition) is 1. The van der Waals surface area contributed by atoms with Crippen molar-refractivity contribution in [2.45, 2.75) is 13.1 Å². The summed E-state index contributed by atoms with van der Waals surface area (Å²) in [6, 6.07) is 2.07. The highest BCUT2D eigenvalue weighted by Gasteiger charge is 2.05. The number of thiazole rings is 1. The second-order valence-corrected chi connectivity index (χ2v) is 5.63. The van der Waals surface area contributed by atoms with Crippen molar-refractivity contribution >= 4 is 22.7 Å². The molecule has 0 aliphatic carbocycles. The van der Waals surface area contributed by atoms with Gasteiger partial charge in [0, 0.05) is 34.3 Å². The van der Waals surface area contributed by atoms with Gasteiger partial charge in [0.25, 0.3) is 0 Å². The molecule has 0 radical (unpaired) electrons. The Balaban J connectivity index is 1.90. The van der Waals surface area contributed by atoms with Gasteiger partial charge in [0.1, 0.15) is 6.61 Å². The van der Waals surface area contributed by atoms with Crippen molar-refractivity contribution in [2.24, 2.45) is 0 Å². The standard InChI is InChI=1S/C13H14N2OS2/c1-15(6-12-9-17-10-14-12)7-13-5-11(8-18-13)3-2-4-16/h5,8-10,16H,4,6-7H2,1H3. The first-order valence-electron chi connectivity index (χ1n) is 5.50. The third kappa shape index (κ3) is 3.93. The van der Waals surface area contributed by atoms with Crippen LogP contribution >= 0.6 is 22.7 Å². The first kappa shape index (κ1) is 13.2. The summed E-state index contributed by atoms with van der Waals surface area (Å²) in [4.78, 5) is 7.77. The first-order valence-corrected chi connectivity index (χ1v) is 7.33. The number of aliphatic hydroxyl groups excluding tert-OH is 1. The number of thiophene rings is 1.